The Morgan fingerprint density at radius 3 is 2.64 bits per heavy atom. The van der Waals surface area contributed by atoms with Crippen LogP contribution in [0, 0.1) is 23.2 Å². The van der Waals surface area contributed by atoms with E-state index < -0.39 is 12.1 Å². The second-order valence-corrected chi connectivity index (χ2v) is 9.67. The number of nitriles is 1. The van der Waals surface area contributed by atoms with Gasteiger partial charge in [-0.25, -0.2) is 0 Å². The zero-order valence-corrected chi connectivity index (χ0v) is 19.9. The smallest absolute Gasteiger partial charge is 0.268 e. The quantitative estimate of drug-likeness (QED) is 0.538. The number of aliphatic hydroxyl groups is 1. The van der Waals surface area contributed by atoms with Crippen LogP contribution in [0.4, 0.5) is 0 Å². The predicted molar refractivity (Wildman–Crippen MR) is 128 cm³/mol. The molecular formula is C26H36N4O3. The van der Waals surface area contributed by atoms with Crippen LogP contribution >= 0.6 is 0 Å². The summed E-state index contributed by atoms with van der Waals surface area (Å²) in [5, 5.41) is 26.2. The third-order valence-electron chi connectivity index (χ3n) is 6.41. The molecule has 1 unspecified atom stereocenters. The molecule has 4 atom stereocenters. The lowest BCUT2D eigenvalue weighted by Gasteiger charge is -2.32. The molecule has 1 heterocycles. The van der Waals surface area contributed by atoms with Gasteiger partial charge >= 0.3 is 0 Å². The summed E-state index contributed by atoms with van der Waals surface area (Å²) in [4.78, 5) is 26.4. The monoisotopic (exact) mass is 452 g/mol. The largest absolute Gasteiger partial charge is 0.393 e. The summed E-state index contributed by atoms with van der Waals surface area (Å²) in [5.74, 6) is -0.399. The van der Waals surface area contributed by atoms with Gasteiger partial charge in [-0.2, -0.15) is 5.26 Å². The minimum atomic E-state index is -0.515. The first-order chi connectivity index (χ1) is 15.8. The van der Waals surface area contributed by atoms with E-state index in [1.165, 1.54) is 0 Å². The molecule has 1 aromatic heterocycles. The maximum Gasteiger partial charge on any atom is 0.268 e. The third kappa shape index (κ3) is 6.35. The van der Waals surface area contributed by atoms with Crippen molar-refractivity contribution in [2.24, 2.45) is 11.8 Å². The fourth-order valence-electron chi connectivity index (χ4n) is 4.71. The number of para-hydroxylation sites is 1. The number of carbonyl (C=O) groups is 2. The number of rotatable bonds is 9. The van der Waals surface area contributed by atoms with Crippen molar-refractivity contribution in [3.63, 3.8) is 0 Å². The number of nitrogens with one attached hydrogen (secondary N) is 2. The lowest BCUT2D eigenvalue weighted by Crippen LogP contribution is -2.50. The van der Waals surface area contributed by atoms with Crippen molar-refractivity contribution >= 4 is 22.7 Å². The van der Waals surface area contributed by atoms with Crippen LogP contribution in [-0.4, -0.2) is 39.7 Å². The van der Waals surface area contributed by atoms with Gasteiger partial charge in [-0.05, 0) is 50.7 Å². The highest BCUT2D eigenvalue weighted by atomic mass is 16.3. The van der Waals surface area contributed by atoms with Crippen molar-refractivity contribution in [2.45, 2.75) is 84.0 Å². The van der Waals surface area contributed by atoms with E-state index in [0.29, 0.717) is 37.4 Å². The number of carbonyl (C=O) groups excluding carboxylic acids is 2. The molecule has 0 aliphatic heterocycles. The Morgan fingerprint density at radius 1 is 1.21 bits per heavy atom. The molecular weight excluding hydrogens is 416 g/mol. The molecule has 0 spiro atoms. The van der Waals surface area contributed by atoms with Crippen LogP contribution in [0.2, 0.25) is 0 Å². The van der Waals surface area contributed by atoms with Gasteiger partial charge in [0.15, 0.2) is 0 Å². The fourth-order valence-corrected chi connectivity index (χ4v) is 4.71. The standard InChI is InChI=1S/C26H36N4O3/c1-17(2)14-20(16-27)28-25(32)21-9-5-6-10-22(21)29-26(33)24-15-19-8-4-7-11-23(19)30(24)13-12-18(3)31/h4,7-8,11,15,17-18,20-22,31H,5-6,9-10,12-14H2,1-3H3,(H,28,32)(H,29,33)/t18?,20-,21+,22-/m0/s1. The van der Waals surface area contributed by atoms with E-state index >= 15 is 0 Å². The van der Waals surface area contributed by atoms with Crippen molar-refractivity contribution in [2.75, 3.05) is 0 Å². The lowest BCUT2D eigenvalue weighted by molar-refractivity contribution is -0.127. The molecule has 0 radical (unpaired) electrons. The molecule has 2 amide bonds. The topological polar surface area (TPSA) is 107 Å². The van der Waals surface area contributed by atoms with Crippen molar-refractivity contribution in [3.8, 4) is 6.07 Å². The fraction of sp³-hybridized carbons (Fsp3) is 0.577. The molecule has 3 rings (SSSR count). The van der Waals surface area contributed by atoms with Gasteiger partial charge in [-0.15, -0.1) is 0 Å². The third-order valence-corrected chi connectivity index (χ3v) is 6.41. The van der Waals surface area contributed by atoms with Gasteiger partial charge in [-0.3, -0.25) is 9.59 Å². The summed E-state index contributed by atoms with van der Waals surface area (Å²) >= 11 is 0. The molecule has 7 nitrogen and oxygen atoms in total. The highest BCUT2D eigenvalue weighted by molar-refractivity contribution is 5.99. The lowest BCUT2D eigenvalue weighted by atomic mass is 9.83. The minimum Gasteiger partial charge on any atom is -0.393 e. The maximum absolute atomic E-state index is 13.4. The number of fused-ring (bicyclic) bond motifs is 1. The normalized spacial score (nSPS) is 20.2. The first-order valence-electron chi connectivity index (χ1n) is 12.1. The summed E-state index contributed by atoms with van der Waals surface area (Å²) < 4.78 is 1.95. The van der Waals surface area contributed by atoms with E-state index in [9.17, 15) is 20.0 Å². The van der Waals surface area contributed by atoms with Crippen LogP contribution in [0.1, 0.15) is 69.8 Å². The average Bonchev–Trinajstić information content (AvgIpc) is 3.16. The molecule has 1 aliphatic carbocycles. The summed E-state index contributed by atoms with van der Waals surface area (Å²) in [6, 6.07) is 11.1. The van der Waals surface area contributed by atoms with Gasteiger partial charge in [0.1, 0.15) is 11.7 Å². The molecule has 1 fully saturated rings. The molecule has 1 aliphatic rings. The van der Waals surface area contributed by atoms with E-state index in [2.05, 4.69) is 16.7 Å². The van der Waals surface area contributed by atoms with Crippen molar-refractivity contribution in [3.05, 3.63) is 36.0 Å². The number of hydrogen-bond acceptors (Lipinski definition) is 4. The number of aliphatic hydroxyl groups excluding tert-OH is 1. The molecule has 0 bridgehead atoms. The van der Waals surface area contributed by atoms with Gasteiger partial charge in [0, 0.05) is 23.5 Å². The van der Waals surface area contributed by atoms with E-state index in [1.807, 2.05) is 48.7 Å². The van der Waals surface area contributed by atoms with Crippen LogP contribution in [0.5, 0.6) is 0 Å². The number of aromatic nitrogens is 1. The van der Waals surface area contributed by atoms with Crippen LogP contribution in [0.15, 0.2) is 30.3 Å². The number of nitrogens with zero attached hydrogens (tertiary/aromatic N) is 2. The van der Waals surface area contributed by atoms with E-state index in [4.69, 9.17) is 0 Å². The molecule has 1 saturated carbocycles. The molecule has 3 N–H and O–H groups in total. The first kappa shape index (κ1) is 24.8. The highest BCUT2D eigenvalue weighted by Gasteiger charge is 2.33. The van der Waals surface area contributed by atoms with Gasteiger partial charge in [0.2, 0.25) is 5.91 Å². The van der Waals surface area contributed by atoms with Gasteiger partial charge in [0.05, 0.1) is 18.1 Å². The van der Waals surface area contributed by atoms with E-state index in [0.717, 1.165) is 30.2 Å². The summed E-state index contributed by atoms with van der Waals surface area (Å²) in [7, 11) is 0. The summed E-state index contributed by atoms with van der Waals surface area (Å²) in [6.07, 6.45) is 4.00. The average molecular weight is 453 g/mol. The predicted octanol–water partition coefficient (Wildman–Crippen LogP) is 3.76. The zero-order valence-electron chi connectivity index (χ0n) is 19.9. The van der Waals surface area contributed by atoms with Crippen LogP contribution in [0.3, 0.4) is 0 Å². The molecule has 33 heavy (non-hydrogen) atoms. The Morgan fingerprint density at radius 2 is 1.94 bits per heavy atom. The molecule has 7 heteroatoms. The Hall–Kier alpha value is -2.85. The number of benzene rings is 1. The van der Waals surface area contributed by atoms with E-state index in [-0.39, 0.29) is 23.8 Å². The van der Waals surface area contributed by atoms with E-state index in [1.54, 1.807) is 6.92 Å². The van der Waals surface area contributed by atoms with Gasteiger partial charge < -0.3 is 20.3 Å². The zero-order chi connectivity index (χ0) is 24.0. The van der Waals surface area contributed by atoms with Gasteiger partial charge in [-0.1, -0.05) is 44.9 Å². The molecule has 2 aromatic rings. The SMILES string of the molecule is CC(C)C[C@@H](C#N)NC(=O)[C@@H]1CCCC[C@@H]1NC(=O)c1cc2ccccc2n1CCC(C)O. The molecule has 178 valence electrons. The molecule has 0 saturated heterocycles. The number of amides is 2. The summed E-state index contributed by atoms with van der Waals surface area (Å²) in [5.41, 5.74) is 1.49. The number of hydrogen-bond donors (Lipinski definition) is 3. The van der Waals surface area contributed by atoms with Crippen molar-refractivity contribution in [1.82, 2.24) is 15.2 Å². The van der Waals surface area contributed by atoms with Gasteiger partial charge in [0.25, 0.3) is 5.91 Å². The number of aryl methyl sites for hydroxylation is 1. The van der Waals surface area contributed by atoms with Crippen LogP contribution in [-0.2, 0) is 11.3 Å². The Kier molecular flexibility index (Phi) is 8.51. The highest BCUT2D eigenvalue weighted by Crippen LogP contribution is 2.27. The second kappa shape index (κ2) is 11.3. The van der Waals surface area contributed by atoms with Crippen LogP contribution in [0.25, 0.3) is 10.9 Å². The van der Waals surface area contributed by atoms with Crippen molar-refractivity contribution < 1.29 is 14.7 Å². The molecule has 1 aromatic carbocycles. The van der Waals surface area contributed by atoms with Crippen molar-refractivity contribution in [1.29, 1.82) is 5.26 Å². The van der Waals surface area contributed by atoms with Crippen LogP contribution < -0.4 is 10.6 Å². The Labute approximate surface area is 196 Å². The summed E-state index contributed by atoms with van der Waals surface area (Å²) in [6.45, 7) is 6.32. The first-order valence-corrected chi connectivity index (χ1v) is 12.1. The Bertz CT molecular complexity index is 1000. The second-order valence-electron chi connectivity index (χ2n) is 9.67. The Balaban J connectivity index is 1.78. The minimum absolute atomic E-state index is 0.151. The maximum atomic E-state index is 13.4.